The van der Waals surface area contributed by atoms with Crippen LogP contribution in [0.25, 0.3) is 10.9 Å². The number of benzene rings is 2. The monoisotopic (exact) mass is 481 g/mol. The minimum Gasteiger partial charge on any atom is -0.362 e. The van der Waals surface area contributed by atoms with E-state index in [2.05, 4.69) is 26.6 Å². The number of nitrogens with zero attached hydrogens (tertiary/aromatic N) is 3. The Morgan fingerprint density at radius 1 is 1.06 bits per heavy atom. The van der Waals surface area contributed by atoms with Crippen LogP contribution in [0.2, 0.25) is 0 Å². The summed E-state index contributed by atoms with van der Waals surface area (Å²) < 4.78 is 1.03. The Morgan fingerprint density at radius 3 is 2.58 bits per heavy atom. The normalized spacial score (nSPS) is 18.5. The molecule has 0 bridgehead atoms. The van der Waals surface area contributed by atoms with Crippen molar-refractivity contribution < 1.29 is 4.79 Å². The maximum absolute atomic E-state index is 12.6. The molecule has 1 aromatic heterocycles. The molecule has 1 saturated carbocycles. The predicted molar refractivity (Wildman–Crippen MR) is 129 cm³/mol. The Bertz CT molecular complexity index is 1060. The Kier molecular flexibility index (Phi) is 6.70. The molecule has 2 N–H and O–H groups in total. The molecular formula is C24H28BrN5O. The molecule has 0 saturated heterocycles. The fourth-order valence-corrected chi connectivity index (χ4v) is 4.57. The third kappa shape index (κ3) is 5.34. The number of rotatable bonds is 6. The summed E-state index contributed by atoms with van der Waals surface area (Å²) in [6.07, 6.45) is 3.61. The summed E-state index contributed by atoms with van der Waals surface area (Å²) in [6.45, 7) is 0.564. The number of para-hydroxylation sites is 1. The van der Waals surface area contributed by atoms with Gasteiger partial charge in [-0.25, -0.2) is 4.98 Å². The molecule has 1 fully saturated rings. The van der Waals surface area contributed by atoms with Gasteiger partial charge in [-0.05, 0) is 55.5 Å². The highest BCUT2D eigenvalue weighted by Crippen LogP contribution is 2.28. The number of aromatic nitrogens is 2. The predicted octanol–water partition coefficient (Wildman–Crippen LogP) is 4.75. The van der Waals surface area contributed by atoms with Gasteiger partial charge in [-0.3, -0.25) is 4.79 Å². The fourth-order valence-electron chi connectivity index (χ4n) is 4.13. The highest BCUT2D eigenvalue weighted by molar-refractivity contribution is 9.10. The number of carbonyl (C=O) groups excluding carboxylic acids is 1. The van der Waals surface area contributed by atoms with E-state index in [1.165, 1.54) is 0 Å². The second-order valence-electron chi connectivity index (χ2n) is 8.32. The van der Waals surface area contributed by atoms with Crippen molar-refractivity contribution in [2.24, 2.45) is 5.92 Å². The first kappa shape index (κ1) is 21.6. The minimum atomic E-state index is 0.0695. The van der Waals surface area contributed by atoms with Gasteiger partial charge in [0.25, 0.3) is 0 Å². The zero-order valence-corrected chi connectivity index (χ0v) is 19.5. The quantitative estimate of drug-likeness (QED) is 0.531. The molecule has 6 nitrogen and oxygen atoms in total. The third-order valence-electron chi connectivity index (χ3n) is 5.79. The Labute approximate surface area is 191 Å². The molecule has 1 heterocycles. The van der Waals surface area contributed by atoms with Crippen molar-refractivity contribution in [1.29, 1.82) is 0 Å². The summed E-state index contributed by atoms with van der Waals surface area (Å²) in [7, 11) is 3.99. The van der Waals surface area contributed by atoms with Crippen LogP contribution in [-0.2, 0) is 11.3 Å². The molecule has 0 radical (unpaired) electrons. The summed E-state index contributed by atoms with van der Waals surface area (Å²) >= 11 is 3.47. The average Bonchev–Trinajstić information content (AvgIpc) is 2.77. The van der Waals surface area contributed by atoms with Crippen LogP contribution in [0.5, 0.6) is 0 Å². The van der Waals surface area contributed by atoms with Gasteiger partial charge in [0.1, 0.15) is 5.82 Å². The second kappa shape index (κ2) is 9.64. The first-order valence-electron chi connectivity index (χ1n) is 10.7. The van der Waals surface area contributed by atoms with Crippen LogP contribution < -0.4 is 15.5 Å². The van der Waals surface area contributed by atoms with Gasteiger partial charge in [0.2, 0.25) is 11.9 Å². The van der Waals surface area contributed by atoms with Gasteiger partial charge in [-0.15, -0.1) is 0 Å². The Morgan fingerprint density at radius 2 is 1.84 bits per heavy atom. The molecule has 1 aliphatic carbocycles. The first-order chi connectivity index (χ1) is 15.0. The third-order valence-corrected chi connectivity index (χ3v) is 6.29. The number of amides is 1. The van der Waals surface area contributed by atoms with Crippen molar-refractivity contribution in [3.8, 4) is 0 Å². The lowest BCUT2D eigenvalue weighted by Crippen LogP contribution is -2.35. The lowest BCUT2D eigenvalue weighted by Gasteiger charge is -2.28. The molecule has 1 aliphatic rings. The van der Waals surface area contributed by atoms with Crippen LogP contribution >= 0.6 is 15.9 Å². The number of hydrogen-bond donors (Lipinski definition) is 2. The van der Waals surface area contributed by atoms with E-state index in [0.717, 1.165) is 52.4 Å². The van der Waals surface area contributed by atoms with Crippen molar-refractivity contribution in [3.63, 3.8) is 0 Å². The summed E-state index contributed by atoms with van der Waals surface area (Å²) in [5.74, 6) is 1.79. The molecule has 31 heavy (non-hydrogen) atoms. The van der Waals surface area contributed by atoms with E-state index < -0.39 is 0 Å². The molecule has 1 amide bonds. The zero-order valence-electron chi connectivity index (χ0n) is 17.9. The topological polar surface area (TPSA) is 70.2 Å². The first-order valence-corrected chi connectivity index (χ1v) is 11.5. The van der Waals surface area contributed by atoms with Crippen molar-refractivity contribution in [3.05, 3.63) is 58.6 Å². The summed E-state index contributed by atoms with van der Waals surface area (Å²) in [4.78, 5) is 24.1. The molecule has 0 unspecified atom stereocenters. The Balaban J connectivity index is 1.33. The zero-order chi connectivity index (χ0) is 21.8. The number of carbonyl (C=O) groups is 1. The molecule has 0 spiro atoms. The maximum atomic E-state index is 12.6. The molecule has 162 valence electrons. The second-order valence-corrected chi connectivity index (χ2v) is 9.24. The fraction of sp³-hybridized carbons (Fsp3) is 0.375. The van der Waals surface area contributed by atoms with Gasteiger partial charge in [-0.2, -0.15) is 4.98 Å². The number of fused-ring (bicyclic) bond motifs is 1. The van der Waals surface area contributed by atoms with Crippen molar-refractivity contribution in [2.75, 3.05) is 24.3 Å². The highest BCUT2D eigenvalue weighted by atomic mass is 79.9. The molecule has 0 atom stereocenters. The number of halogens is 1. The van der Waals surface area contributed by atoms with Crippen LogP contribution in [-0.4, -0.2) is 36.0 Å². The van der Waals surface area contributed by atoms with Crippen LogP contribution in [0, 0.1) is 5.92 Å². The summed E-state index contributed by atoms with van der Waals surface area (Å²) in [6, 6.07) is 16.4. The summed E-state index contributed by atoms with van der Waals surface area (Å²) in [5.41, 5.74) is 2.03. The number of hydrogen-bond acceptors (Lipinski definition) is 5. The van der Waals surface area contributed by atoms with Gasteiger partial charge >= 0.3 is 0 Å². The lowest BCUT2D eigenvalue weighted by atomic mass is 9.85. The van der Waals surface area contributed by atoms with Crippen LogP contribution in [0.4, 0.5) is 11.8 Å². The van der Waals surface area contributed by atoms with Gasteiger partial charge in [-0.1, -0.05) is 40.2 Å². The van der Waals surface area contributed by atoms with Gasteiger partial charge in [0.15, 0.2) is 0 Å². The molecule has 0 aliphatic heterocycles. The van der Waals surface area contributed by atoms with Crippen molar-refractivity contribution >= 4 is 44.5 Å². The number of nitrogens with one attached hydrogen (secondary N) is 2. The van der Waals surface area contributed by atoms with Crippen LogP contribution in [0.1, 0.15) is 31.2 Å². The van der Waals surface area contributed by atoms with E-state index in [-0.39, 0.29) is 17.9 Å². The maximum Gasteiger partial charge on any atom is 0.225 e. The van der Waals surface area contributed by atoms with Gasteiger partial charge in [0, 0.05) is 42.5 Å². The lowest BCUT2D eigenvalue weighted by molar-refractivity contribution is -0.126. The molecular weight excluding hydrogens is 454 g/mol. The standard InChI is InChI=1S/C24H28BrN5O/c1-30(2)22-20-8-3-4-9-21(20)28-24(29-22)27-19-12-10-17(11-13-19)23(31)26-15-16-6-5-7-18(25)14-16/h3-9,14,17,19H,10-13,15H2,1-2H3,(H,26,31)(H,27,28,29)/t17-,19+. The molecule has 7 heteroatoms. The van der Waals surface area contributed by atoms with E-state index >= 15 is 0 Å². The van der Waals surface area contributed by atoms with Crippen molar-refractivity contribution in [2.45, 2.75) is 38.3 Å². The SMILES string of the molecule is CN(C)c1nc(N[C@H]2CC[C@@H](C(=O)NCc3cccc(Br)c3)CC2)nc2ccccc12. The summed E-state index contributed by atoms with van der Waals surface area (Å²) in [5, 5.41) is 7.64. The molecule has 2 aromatic carbocycles. The van der Waals surface area contributed by atoms with Crippen molar-refractivity contribution in [1.82, 2.24) is 15.3 Å². The van der Waals surface area contributed by atoms with Crippen LogP contribution in [0.3, 0.4) is 0 Å². The largest absolute Gasteiger partial charge is 0.362 e. The van der Waals surface area contributed by atoms with E-state index in [9.17, 15) is 4.79 Å². The highest BCUT2D eigenvalue weighted by Gasteiger charge is 2.26. The smallest absolute Gasteiger partial charge is 0.225 e. The van der Waals surface area contributed by atoms with Gasteiger partial charge < -0.3 is 15.5 Å². The van der Waals surface area contributed by atoms with E-state index in [1.807, 2.05) is 67.5 Å². The molecule has 4 rings (SSSR count). The van der Waals surface area contributed by atoms with E-state index in [1.54, 1.807) is 0 Å². The minimum absolute atomic E-state index is 0.0695. The average molecular weight is 482 g/mol. The van der Waals surface area contributed by atoms with E-state index in [0.29, 0.717) is 12.5 Å². The molecule has 3 aromatic rings. The van der Waals surface area contributed by atoms with E-state index in [4.69, 9.17) is 9.97 Å². The van der Waals surface area contributed by atoms with Gasteiger partial charge in [0.05, 0.1) is 5.52 Å². The Hall–Kier alpha value is -2.67. The number of anilines is 2. The van der Waals surface area contributed by atoms with Crippen LogP contribution in [0.15, 0.2) is 53.0 Å².